The van der Waals surface area contributed by atoms with Crippen LogP contribution in [0, 0.1) is 5.82 Å². The first-order valence-electron chi connectivity index (χ1n) is 9.76. The van der Waals surface area contributed by atoms with Crippen LogP contribution in [0.15, 0.2) is 40.9 Å². The van der Waals surface area contributed by atoms with Gasteiger partial charge in [-0.25, -0.2) is 4.39 Å². The van der Waals surface area contributed by atoms with Gasteiger partial charge in [-0.2, -0.15) is 4.98 Å². The largest absolute Gasteiger partial charge is 0.369 e. The number of nitrogens with zero attached hydrogens (tertiary/aromatic N) is 6. The molecule has 1 fully saturated rings. The molecule has 3 heterocycles. The number of hydrogen-bond acceptors (Lipinski definition) is 8. The van der Waals surface area contributed by atoms with E-state index in [1.807, 2.05) is 6.07 Å². The Morgan fingerprint density at radius 2 is 1.83 bits per heavy atom. The van der Waals surface area contributed by atoms with Crippen molar-refractivity contribution in [2.45, 2.75) is 6.42 Å². The average molecular weight is 397 g/mol. The lowest BCUT2D eigenvalue weighted by Gasteiger charge is -2.32. The van der Waals surface area contributed by atoms with E-state index >= 15 is 0 Å². The lowest BCUT2D eigenvalue weighted by molar-refractivity contribution is 0.154. The molecular formula is C20H24FN7O. The summed E-state index contributed by atoms with van der Waals surface area (Å²) >= 11 is 0. The van der Waals surface area contributed by atoms with Gasteiger partial charge in [-0.15, -0.1) is 10.2 Å². The molecule has 0 bridgehead atoms. The van der Waals surface area contributed by atoms with Gasteiger partial charge in [0.1, 0.15) is 11.6 Å². The Labute approximate surface area is 168 Å². The van der Waals surface area contributed by atoms with Crippen molar-refractivity contribution < 1.29 is 8.91 Å². The molecule has 29 heavy (non-hydrogen) atoms. The Kier molecular flexibility index (Phi) is 6.06. The molecule has 0 aliphatic carbocycles. The second-order valence-electron chi connectivity index (χ2n) is 7.16. The van der Waals surface area contributed by atoms with Crippen LogP contribution in [0.2, 0.25) is 0 Å². The summed E-state index contributed by atoms with van der Waals surface area (Å²) in [5.41, 5.74) is 1.17. The molecule has 2 aromatic heterocycles. The van der Waals surface area contributed by atoms with Crippen molar-refractivity contribution in [3.05, 3.63) is 42.2 Å². The van der Waals surface area contributed by atoms with Crippen LogP contribution in [0.25, 0.3) is 23.0 Å². The summed E-state index contributed by atoms with van der Waals surface area (Å²) in [7, 11) is 2.17. The van der Waals surface area contributed by atoms with Crippen molar-refractivity contribution in [1.29, 1.82) is 0 Å². The third-order valence-corrected chi connectivity index (χ3v) is 4.97. The predicted molar refractivity (Wildman–Crippen MR) is 108 cm³/mol. The molecule has 1 saturated heterocycles. The van der Waals surface area contributed by atoms with Crippen molar-refractivity contribution in [2.24, 2.45) is 0 Å². The standard InChI is InChI=1S/C20H24FN7O/c1-27-11-13-28(14-12-27)10-2-9-22-18-8-7-17(24-25-18)20-23-19(26-29-20)15-3-5-16(21)6-4-15/h3-8H,2,9-14H2,1H3,(H,22,25). The molecule has 0 saturated carbocycles. The van der Waals surface area contributed by atoms with Gasteiger partial charge in [-0.1, -0.05) is 5.16 Å². The SMILES string of the molecule is CN1CCN(CCCNc2ccc(-c3nc(-c4ccc(F)cc4)no3)nn2)CC1. The zero-order chi connectivity index (χ0) is 20.1. The lowest BCUT2D eigenvalue weighted by Crippen LogP contribution is -2.44. The third kappa shape index (κ3) is 5.12. The molecule has 1 aliphatic rings. The van der Waals surface area contributed by atoms with Crippen LogP contribution >= 0.6 is 0 Å². The van der Waals surface area contributed by atoms with Crippen molar-refractivity contribution >= 4 is 5.82 Å². The average Bonchev–Trinajstić information content (AvgIpc) is 3.24. The summed E-state index contributed by atoms with van der Waals surface area (Å²) in [5.74, 6) is 1.06. The molecule has 0 atom stereocenters. The Bertz CT molecular complexity index is 905. The van der Waals surface area contributed by atoms with Crippen molar-refractivity contribution in [3.63, 3.8) is 0 Å². The summed E-state index contributed by atoms with van der Waals surface area (Å²) in [4.78, 5) is 9.16. The van der Waals surface area contributed by atoms with E-state index in [1.54, 1.807) is 18.2 Å². The van der Waals surface area contributed by atoms with E-state index in [-0.39, 0.29) is 11.7 Å². The van der Waals surface area contributed by atoms with E-state index in [9.17, 15) is 4.39 Å². The first-order valence-corrected chi connectivity index (χ1v) is 9.76. The molecule has 9 heteroatoms. The fourth-order valence-electron chi connectivity index (χ4n) is 3.17. The van der Waals surface area contributed by atoms with Gasteiger partial charge in [-0.3, -0.25) is 0 Å². The quantitative estimate of drug-likeness (QED) is 0.609. The van der Waals surface area contributed by atoms with Gasteiger partial charge >= 0.3 is 0 Å². The van der Waals surface area contributed by atoms with E-state index in [0.29, 0.717) is 22.9 Å². The monoisotopic (exact) mass is 397 g/mol. The smallest absolute Gasteiger partial charge is 0.278 e. The maximum Gasteiger partial charge on any atom is 0.278 e. The van der Waals surface area contributed by atoms with Crippen LogP contribution in [0.3, 0.4) is 0 Å². The van der Waals surface area contributed by atoms with Crippen molar-refractivity contribution in [1.82, 2.24) is 30.1 Å². The summed E-state index contributed by atoms with van der Waals surface area (Å²) in [6.45, 7) is 6.47. The van der Waals surface area contributed by atoms with Gasteiger partial charge < -0.3 is 19.6 Å². The summed E-state index contributed by atoms with van der Waals surface area (Å²) < 4.78 is 18.3. The number of nitrogens with one attached hydrogen (secondary N) is 1. The normalized spacial score (nSPS) is 15.5. The molecule has 1 N–H and O–H groups in total. The Morgan fingerprint density at radius 3 is 2.55 bits per heavy atom. The number of anilines is 1. The number of likely N-dealkylation sites (N-methyl/N-ethyl adjacent to an activating group) is 1. The highest BCUT2D eigenvalue weighted by Crippen LogP contribution is 2.21. The van der Waals surface area contributed by atoms with E-state index in [4.69, 9.17) is 4.52 Å². The molecule has 3 aromatic rings. The van der Waals surface area contributed by atoms with Gasteiger partial charge in [0.05, 0.1) is 0 Å². The van der Waals surface area contributed by atoms with E-state index in [2.05, 4.69) is 42.5 Å². The molecule has 4 rings (SSSR count). The molecule has 0 radical (unpaired) electrons. The number of piperazine rings is 1. The van der Waals surface area contributed by atoms with E-state index in [0.717, 1.165) is 45.7 Å². The van der Waals surface area contributed by atoms with Crippen molar-refractivity contribution in [2.75, 3.05) is 51.6 Å². The first kappa shape index (κ1) is 19.4. The molecule has 0 amide bonds. The number of benzene rings is 1. The molecule has 8 nitrogen and oxygen atoms in total. The van der Waals surface area contributed by atoms with Crippen LogP contribution in [0.1, 0.15) is 6.42 Å². The van der Waals surface area contributed by atoms with Gasteiger partial charge in [0.25, 0.3) is 5.89 Å². The van der Waals surface area contributed by atoms with Crippen LogP contribution in [0.5, 0.6) is 0 Å². The zero-order valence-corrected chi connectivity index (χ0v) is 16.4. The molecular weight excluding hydrogens is 373 g/mol. The first-order chi connectivity index (χ1) is 14.2. The zero-order valence-electron chi connectivity index (χ0n) is 16.4. The summed E-state index contributed by atoms with van der Waals surface area (Å²) in [5, 5.41) is 15.6. The molecule has 1 aromatic carbocycles. The second-order valence-corrected chi connectivity index (χ2v) is 7.16. The van der Waals surface area contributed by atoms with Crippen LogP contribution in [-0.2, 0) is 0 Å². The fourth-order valence-corrected chi connectivity index (χ4v) is 3.17. The number of hydrogen-bond donors (Lipinski definition) is 1. The van der Waals surface area contributed by atoms with Gasteiger partial charge in [0.15, 0.2) is 5.69 Å². The molecule has 0 spiro atoms. The van der Waals surface area contributed by atoms with Crippen LogP contribution < -0.4 is 5.32 Å². The summed E-state index contributed by atoms with van der Waals surface area (Å²) in [6.07, 6.45) is 1.05. The third-order valence-electron chi connectivity index (χ3n) is 4.97. The van der Waals surface area contributed by atoms with Crippen LogP contribution in [0.4, 0.5) is 10.2 Å². The van der Waals surface area contributed by atoms with E-state index in [1.165, 1.54) is 12.1 Å². The predicted octanol–water partition coefficient (Wildman–Crippen LogP) is 2.38. The topological polar surface area (TPSA) is 83.2 Å². The second kappa shape index (κ2) is 9.06. The minimum absolute atomic E-state index is 0.276. The lowest BCUT2D eigenvalue weighted by atomic mass is 10.2. The highest BCUT2D eigenvalue weighted by molar-refractivity contribution is 5.57. The van der Waals surface area contributed by atoms with Gasteiger partial charge in [0, 0.05) is 38.3 Å². The summed E-state index contributed by atoms with van der Waals surface area (Å²) in [6, 6.07) is 9.55. The maximum atomic E-state index is 13.0. The fraction of sp³-hybridized carbons (Fsp3) is 0.400. The highest BCUT2D eigenvalue weighted by Gasteiger charge is 2.14. The number of aromatic nitrogens is 4. The number of rotatable bonds is 7. The highest BCUT2D eigenvalue weighted by atomic mass is 19.1. The Balaban J connectivity index is 1.27. The van der Waals surface area contributed by atoms with Gasteiger partial charge in [0.2, 0.25) is 5.82 Å². The Hall–Kier alpha value is -2.91. The molecule has 1 aliphatic heterocycles. The minimum atomic E-state index is -0.310. The number of halogens is 1. The molecule has 152 valence electrons. The maximum absolute atomic E-state index is 13.0. The Morgan fingerprint density at radius 1 is 1.03 bits per heavy atom. The molecule has 0 unspecified atom stereocenters. The van der Waals surface area contributed by atoms with E-state index < -0.39 is 0 Å². The van der Waals surface area contributed by atoms with Crippen molar-refractivity contribution in [3.8, 4) is 23.0 Å². The minimum Gasteiger partial charge on any atom is -0.369 e. The van der Waals surface area contributed by atoms with Gasteiger partial charge in [-0.05, 0) is 56.4 Å². The van der Waals surface area contributed by atoms with Crippen LogP contribution in [-0.4, -0.2) is 76.5 Å².